The zero-order chi connectivity index (χ0) is 18.1. The Kier molecular flexibility index (Phi) is 4.46. The van der Waals surface area contributed by atoms with Crippen molar-refractivity contribution >= 4 is 5.91 Å². The highest BCUT2D eigenvalue weighted by atomic mass is 16.5. The number of aromatic nitrogens is 2. The third kappa shape index (κ3) is 3.10. The highest BCUT2D eigenvalue weighted by molar-refractivity contribution is 5.77. The minimum Gasteiger partial charge on any atom is -0.376 e. The van der Waals surface area contributed by atoms with Gasteiger partial charge in [-0.2, -0.15) is 0 Å². The van der Waals surface area contributed by atoms with Crippen molar-refractivity contribution in [1.82, 2.24) is 19.8 Å². The van der Waals surface area contributed by atoms with Crippen molar-refractivity contribution in [2.45, 2.75) is 18.4 Å². The van der Waals surface area contributed by atoms with E-state index >= 15 is 0 Å². The highest BCUT2D eigenvalue weighted by Crippen LogP contribution is 2.39. The van der Waals surface area contributed by atoms with E-state index in [1.807, 2.05) is 36.5 Å². The van der Waals surface area contributed by atoms with Gasteiger partial charge in [0.1, 0.15) is 0 Å². The van der Waals surface area contributed by atoms with Crippen LogP contribution in [0.2, 0.25) is 0 Å². The number of hydrogen-bond donors (Lipinski definition) is 0. The Labute approximate surface area is 153 Å². The second-order valence-electron chi connectivity index (χ2n) is 7.46. The van der Waals surface area contributed by atoms with Gasteiger partial charge in [0.2, 0.25) is 5.91 Å². The van der Waals surface area contributed by atoms with Crippen molar-refractivity contribution in [1.29, 1.82) is 0 Å². The van der Waals surface area contributed by atoms with Crippen LogP contribution in [0.3, 0.4) is 0 Å². The van der Waals surface area contributed by atoms with E-state index in [4.69, 9.17) is 9.72 Å². The Balaban J connectivity index is 1.64. The Hall–Kier alpha value is -2.31. The summed E-state index contributed by atoms with van der Waals surface area (Å²) in [5.41, 5.74) is 3.04. The molecule has 0 unspecified atom stereocenters. The summed E-state index contributed by atoms with van der Waals surface area (Å²) >= 11 is 0. The number of nitrogens with zero attached hydrogens (tertiary/aromatic N) is 4. The molecular formula is C20H24N4O2. The minimum absolute atomic E-state index is 0.131. The van der Waals surface area contributed by atoms with Gasteiger partial charge in [-0.15, -0.1) is 0 Å². The Morgan fingerprint density at radius 3 is 2.88 bits per heavy atom. The third-order valence-corrected chi connectivity index (χ3v) is 5.33. The van der Waals surface area contributed by atoms with Gasteiger partial charge in [0, 0.05) is 38.0 Å². The van der Waals surface area contributed by atoms with Crippen LogP contribution in [0.15, 0.2) is 36.5 Å². The Morgan fingerprint density at radius 2 is 2.12 bits per heavy atom. The fraction of sp³-hybridized carbons (Fsp3) is 0.450. The number of hydrogen-bond acceptors (Lipinski definition) is 5. The quantitative estimate of drug-likeness (QED) is 0.842. The van der Waals surface area contributed by atoms with Crippen molar-refractivity contribution in [3.8, 4) is 11.4 Å². The van der Waals surface area contributed by atoms with Gasteiger partial charge in [-0.05, 0) is 13.0 Å². The second kappa shape index (κ2) is 6.78. The van der Waals surface area contributed by atoms with E-state index in [1.165, 1.54) is 0 Å². The molecule has 1 fully saturated rings. The lowest BCUT2D eigenvalue weighted by Crippen LogP contribution is -2.42. The van der Waals surface area contributed by atoms with E-state index < -0.39 is 0 Å². The fourth-order valence-corrected chi connectivity index (χ4v) is 3.86. The molecule has 0 bridgehead atoms. The largest absolute Gasteiger partial charge is 0.376 e. The molecule has 2 aliphatic rings. The average molecular weight is 352 g/mol. The van der Waals surface area contributed by atoms with Crippen LogP contribution in [0.25, 0.3) is 11.4 Å². The summed E-state index contributed by atoms with van der Waals surface area (Å²) in [6, 6.07) is 10.1. The van der Waals surface area contributed by atoms with Crippen LogP contribution in [0.4, 0.5) is 0 Å². The molecule has 1 amide bonds. The van der Waals surface area contributed by atoms with Gasteiger partial charge in [0.15, 0.2) is 5.82 Å². The zero-order valence-electron chi connectivity index (χ0n) is 15.3. The molecule has 0 aliphatic carbocycles. The van der Waals surface area contributed by atoms with Gasteiger partial charge in [-0.1, -0.05) is 30.3 Å². The predicted octanol–water partition coefficient (Wildman–Crippen LogP) is 1.71. The molecule has 1 aromatic carbocycles. The van der Waals surface area contributed by atoms with Gasteiger partial charge in [-0.3, -0.25) is 9.69 Å². The molecule has 6 heteroatoms. The zero-order valence-corrected chi connectivity index (χ0v) is 15.3. The van der Waals surface area contributed by atoms with Gasteiger partial charge in [0.05, 0.1) is 30.9 Å². The number of likely N-dealkylation sites (N-methyl/N-ethyl adjacent to an activating group) is 1. The molecule has 3 heterocycles. The molecular weight excluding hydrogens is 328 g/mol. The number of carbonyl (C=O) groups is 1. The first-order valence-corrected chi connectivity index (χ1v) is 8.99. The molecule has 1 spiro atoms. The normalized spacial score (nSPS) is 22.4. The number of rotatable bonds is 3. The molecule has 26 heavy (non-hydrogen) atoms. The number of ether oxygens (including phenoxy) is 1. The first kappa shape index (κ1) is 17.1. The van der Waals surface area contributed by atoms with E-state index in [9.17, 15) is 4.79 Å². The summed E-state index contributed by atoms with van der Waals surface area (Å²) < 4.78 is 5.88. The molecule has 136 valence electrons. The lowest BCUT2D eigenvalue weighted by molar-refractivity contribution is -0.129. The number of carbonyl (C=O) groups excluding carboxylic acids is 1. The standard InChI is InChI=1S/C20H24N4O2/c1-23(2)17(25)11-24-9-8-20(13-24)14-26-12-16-10-21-19(22-18(16)20)15-6-4-3-5-7-15/h3-7,10H,8-9,11-14H2,1-2H3/t20-/m1/s1. The summed E-state index contributed by atoms with van der Waals surface area (Å²) in [5, 5.41) is 0. The van der Waals surface area contributed by atoms with E-state index in [1.54, 1.807) is 19.0 Å². The molecule has 6 nitrogen and oxygen atoms in total. The Morgan fingerprint density at radius 1 is 1.31 bits per heavy atom. The summed E-state index contributed by atoms with van der Waals surface area (Å²) in [6.07, 6.45) is 2.85. The van der Waals surface area contributed by atoms with Crippen molar-refractivity contribution in [2.24, 2.45) is 0 Å². The van der Waals surface area contributed by atoms with Crippen molar-refractivity contribution < 1.29 is 9.53 Å². The number of benzene rings is 1. The van der Waals surface area contributed by atoms with Gasteiger partial charge < -0.3 is 9.64 Å². The first-order valence-electron chi connectivity index (χ1n) is 8.99. The highest BCUT2D eigenvalue weighted by Gasteiger charge is 2.45. The smallest absolute Gasteiger partial charge is 0.236 e. The van der Waals surface area contributed by atoms with Crippen molar-refractivity contribution in [3.05, 3.63) is 47.8 Å². The lowest BCUT2D eigenvalue weighted by Gasteiger charge is -2.34. The van der Waals surface area contributed by atoms with Gasteiger partial charge in [0.25, 0.3) is 0 Å². The maximum absolute atomic E-state index is 12.1. The molecule has 4 rings (SSSR count). The molecule has 2 aliphatic heterocycles. The molecule has 1 aromatic heterocycles. The van der Waals surface area contributed by atoms with E-state index in [2.05, 4.69) is 9.88 Å². The lowest BCUT2D eigenvalue weighted by atomic mass is 9.80. The number of amides is 1. The first-order chi connectivity index (χ1) is 12.6. The van der Waals surface area contributed by atoms with Gasteiger partial charge in [-0.25, -0.2) is 9.97 Å². The summed E-state index contributed by atoms with van der Waals surface area (Å²) in [6.45, 7) is 3.33. The topological polar surface area (TPSA) is 58.6 Å². The Bertz CT molecular complexity index is 809. The predicted molar refractivity (Wildman–Crippen MR) is 98.6 cm³/mol. The van der Waals surface area contributed by atoms with E-state index in [-0.39, 0.29) is 11.3 Å². The van der Waals surface area contributed by atoms with E-state index in [0.29, 0.717) is 19.8 Å². The van der Waals surface area contributed by atoms with Crippen LogP contribution in [0, 0.1) is 0 Å². The molecule has 0 saturated carbocycles. The fourth-order valence-electron chi connectivity index (χ4n) is 3.86. The van der Waals surface area contributed by atoms with E-state index in [0.717, 1.165) is 42.2 Å². The second-order valence-corrected chi connectivity index (χ2v) is 7.46. The monoisotopic (exact) mass is 352 g/mol. The molecule has 1 saturated heterocycles. The van der Waals surface area contributed by atoms with Crippen LogP contribution in [0.1, 0.15) is 17.7 Å². The summed E-state index contributed by atoms with van der Waals surface area (Å²) in [5.74, 6) is 0.889. The summed E-state index contributed by atoms with van der Waals surface area (Å²) in [7, 11) is 3.60. The van der Waals surface area contributed by atoms with Crippen LogP contribution >= 0.6 is 0 Å². The van der Waals surface area contributed by atoms with Crippen molar-refractivity contribution in [2.75, 3.05) is 40.3 Å². The maximum atomic E-state index is 12.1. The average Bonchev–Trinajstić information content (AvgIpc) is 3.05. The molecule has 0 N–H and O–H groups in total. The third-order valence-electron chi connectivity index (χ3n) is 5.33. The van der Waals surface area contributed by atoms with Crippen LogP contribution in [-0.2, 0) is 21.6 Å². The summed E-state index contributed by atoms with van der Waals surface area (Å²) in [4.78, 5) is 25.4. The van der Waals surface area contributed by atoms with Crippen molar-refractivity contribution in [3.63, 3.8) is 0 Å². The molecule has 1 atom stereocenters. The molecule has 2 aromatic rings. The van der Waals surface area contributed by atoms with Crippen LogP contribution in [0.5, 0.6) is 0 Å². The van der Waals surface area contributed by atoms with Gasteiger partial charge >= 0.3 is 0 Å². The number of likely N-dealkylation sites (tertiary alicyclic amines) is 1. The van der Waals surface area contributed by atoms with Crippen LogP contribution < -0.4 is 0 Å². The minimum atomic E-state index is -0.146. The molecule has 0 radical (unpaired) electrons. The van der Waals surface area contributed by atoms with Crippen LogP contribution in [-0.4, -0.2) is 66.0 Å². The SMILES string of the molecule is CN(C)C(=O)CN1CC[C@]2(COCc3cnc(-c4ccccc4)nc32)C1. The maximum Gasteiger partial charge on any atom is 0.236 e. The number of fused-ring (bicyclic) bond motifs is 2.